The third kappa shape index (κ3) is 5.42. The Kier molecular flexibility index (Phi) is 5.84. The van der Waals surface area contributed by atoms with E-state index >= 15 is 0 Å². The molecule has 4 rings (SSSR count). The van der Waals surface area contributed by atoms with Gasteiger partial charge in [0.2, 0.25) is 0 Å². The van der Waals surface area contributed by atoms with Gasteiger partial charge in [0.25, 0.3) is 5.91 Å². The SMILES string of the molecule is Cc1cc(C)cc(C(=O)Nc2ccc(Nc3cc(Nc4ccccn4)ncn3)cc2)c1. The zero-order valence-electron chi connectivity index (χ0n) is 17.3. The van der Waals surface area contributed by atoms with Crippen LogP contribution in [0.15, 0.2) is 79.3 Å². The lowest BCUT2D eigenvalue weighted by Gasteiger charge is -2.10. The minimum absolute atomic E-state index is 0.131. The average molecular weight is 410 g/mol. The molecule has 154 valence electrons. The number of nitrogens with one attached hydrogen (secondary N) is 3. The highest BCUT2D eigenvalue weighted by Crippen LogP contribution is 2.20. The van der Waals surface area contributed by atoms with Crippen molar-refractivity contribution in [3.8, 4) is 0 Å². The van der Waals surface area contributed by atoms with Gasteiger partial charge in [0.05, 0.1) is 0 Å². The predicted molar refractivity (Wildman–Crippen MR) is 123 cm³/mol. The third-order valence-electron chi connectivity index (χ3n) is 4.49. The molecule has 2 heterocycles. The number of carbonyl (C=O) groups is 1. The minimum Gasteiger partial charge on any atom is -0.340 e. The second-order valence-electron chi connectivity index (χ2n) is 7.16. The Balaban J connectivity index is 1.40. The van der Waals surface area contributed by atoms with E-state index in [1.807, 2.05) is 74.5 Å². The number of benzene rings is 2. The number of anilines is 5. The van der Waals surface area contributed by atoms with Crippen LogP contribution in [0.5, 0.6) is 0 Å². The highest BCUT2D eigenvalue weighted by molar-refractivity contribution is 6.04. The normalized spacial score (nSPS) is 10.4. The second-order valence-corrected chi connectivity index (χ2v) is 7.16. The van der Waals surface area contributed by atoms with Crippen LogP contribution in [0, 0.1) is 13.8 Å². The summed E-state index contributed by atoms with van der Waals surface area (Å²) in [5, 5.41) is 9.30. The van der Waals surface area contributed by atoms with Crippen molar-refractivity contribution in [1.29, 1.82) is 0 Å². The van der Waals surface area contributed by atoms with Crippen molar-refractivity contribution in [2.75, 3.05) is 16.0 Å². The van der Waals surface area contributed by atoms with Crippen molar-refractivity contribution in [3.05, 3.63) is 95.9 Å². The molecule has 0 radical (unpaired) electrons. The van der Waals surface area contributed by atoms with Crippen LogP contribution < -0.4 is 16.0 Å². The first kappa shape index (κ1) is 20.0. The van der Waals surface area contributed by atoms with E-state index in [-0.39, 0.29) is 5.91 Å². The molecule has 0 unspecified atom stereocenters. The summed E-state index contributed by atoms with van der Waals surface area (Å²) in [6.45, 7) is 3.96. The number of rotatable bonds is 6. The molecule has 0 bridgehead atoms. The Morgan fingerprint density at radius 1 is 0.710 bits per heavy atom. The first-order chi connectivity index (χ1) is 15.0. The number of amides is 1. The molecule has 0 saturated carbocycles. The van der Waals surface area contributed by atoms with Gasteiger partial charge in [-0.3, -0.25) is 4.79 Å². The van der Waals surface area contributed by atoms with Crippen molar-refractivity contribution in [3.63, 3.8) is 0 Å². The van der Waals surface area contributed by atoms with Crippen LogP contribution in [0.1, 0.15) is 21.5 Å². The lowest BCUT2D eigenvalue weighted by Crippen LogP contribution is -2.12. The maximum atomic E-state index is 12.5. The fraction of sp³-hybridized carbons (Fsp3) is 0.0833. The van der Waals surface area contributed by atoms with Gasteiger partial charge < -0.3 is 16.0 Å². The van der Waals surface area contributed by atoms with Crippen molar-refractivity contribution in [2.45, 2.75) is 13.8 Å². The zero-order chi connectivity index (χ0) is 21.6. The van der Waals surface area contributed by atoms with E-state index in [0.717, 1.165) is 22.5 Å². The molecular formula is C24H22N6O. The van der Waals surface area contributed by atoms with Crippen molar-refractivity contribution < 1.29 is 4.79 Å². The molecule has 7 heteroatoms. The van der Waals surface area contributed by atoms with Crippen LogP contribution in [0.2, 0.25) is 0 Å². The van der Waals surface area contributed by atoms with Crippen molar-refractivity contribution >= 4 is 34.7 Å². The van der Waals surface area contributed by atoms with Gasteiger partial charge in [-0.2, -0.15) is 0 Å². The molecule has 0 atom stereocenters. The molecule has 3 N–H and O–H groups in total. The highest BCUT2D eigenvalue weighted by Gasteiger charge is 2.08. The van der Waals surface area contributed by atoms with E-state index in [0.29, 0.717) is 23.0 Å². The quantitative estimate of drug-likeness (QED) is 0.403. The van der Waals surface area contributed by atoms with E-state index in [4.69, 9.17) is 0 Å². The first-order valence-electron chi connectivity index (χ1n) is 9.82. The molecular weight excluding hydrogens is 388 g/mol. The van der Waals surface area contributed by atoms with Crippen LogP contribution >= 0.6 is 0 Å². The number of hydrogen-bond acceptors (Lipinski definition) is 6. The number of carbonyl (C=O) groups excluding carboxylic acids is 1. The standard InChI is InChI=1S/C24H22N6O/c1-16-11-17(2)13-18(12-16)24(31)29-20-8-6-19(7-9-20)28-22-14-23(27-15-26-22)30-21-5-3-4-10-25-21/h3-15H,1-2H3,(H,29,31)(H2,25,26,27,28,30). The number of nitrogens with zero attached hydrogens (tertiary/aromatic N) is 3. The number of hydrogen-bond donors (Lipinski definition) is 3. The van der Waals surface area contributed by atoms with Crippen LogP contribution in [0.4, 0.5) is 28.8 Å². The summed E-state index contributed by atoms with van der Waals surface area (Å²) in [5.41, 5.74) is 4.33. The van der Waals surface area contributed by atoms with Gasteiger partial charge in [-0.1, -0.05) is 23.3 Å². The van der Waals surface area contributed by atoms with Crippen LogP contribution in [-0.4, -0.2) is 20.9 Å². The largest absolute Gasteiger partial charge is 0.340 e. The first-order valence-corrected chi connectivity index (χ1v) is 9.82. The molecule has 0 fully saturated rings. The Bertz CT molecular complexity index is 1170. The summed E-state index contributed by atoms with van der Waals surface area (Å²) >= 11 is 0. The Hall–Kier alpha value is -4.26. The maximum absolute atomic E-state index is 12.5. The lowest BCUT2D eigenvalue weighted by molar-refractivity contribution is 0.102. The molecule has 31 heavy (non-hydrogen) atoms. The monoisotopic (exact) mass is 410 g/mol. The molecule has 1 amide bonds. The van der Waals surface area contributed by atoms with E-state index in [9.17, 15) is 4.79 Å². The van der Waals surface area contributed by atoms with Gasteiger partial charge in [0.1, 0.15) is 23.8 Å². The Morgan fingerprint density at radius 3 is 2.06 bits per heavy atom. The van der Waals surface area contributed by atoms with E-state index in [2.05, 4.69) is 30.9 Å². The van der Waals surface area contributed by atoms with E-state index in [1.54, 1.807) is 12.3 Å². The van der Waals surface area contributed by atoms with Gasteiger partial charge in [-0.05, 0) is 62.4 Å². The van der Waals surface area contributed by atoms with Crippen LogP contribution in [-0.2, 0) is 0 Å². The fourth-order valence-electron chi connectivity index (χ4n) is 3.16. The fourth-order valence-corrected chi connectivity index (χ4v) is 3.16. The van der Waals surface area contributed by atoms with Gasteiger partial charge in [-0.25, -0.2) is 15.0 Å². The Morgan fingerprint density at radius 2 is 1.39 bits per heavy atom. The number of aryl methyl sites for hydroxylation is 2. The maximum Gasteiger partial charge on any atom is 0.255 e. The summed E-state index contributed by atoms with van der Waals surface area (Å²) < 4.78 is 0. The topological polar surface area (TPSA) is 91.8 Å². The van der Waals surface area contributed by atoms with Gasteiger partial charge in [-0.15, -0.1) is 0 Å². The van der Waals surface area contributed by atoms with Crippen molar-refractivity contribution in [1.82, 2.24) is 15.0 Å². The molecule has 4 aromatic rings. The average Bonchev–Trinajstić information content (AvgIpc) is 2.75. The summed E-state index contributed by atoms with van der Waals surface area (Å²) in [7, 11) is 0. The Labute approximate surface area is 180 Å². The molecule has 0 saturated heterocycles. The van der Waals surface area contributed by atoms with E-state index in [1.165, 1.54) is 6.33 Å². The zero-order valence-corrected chi connectivity index (χ0v) is 17.3. The van der Waals surface area contributed by atoms with Crippen molar-refractivity contribution in [2.24, 2.45) is 0 Å². The molecule has 0 spiro atoms. The summed E-state index contributed by atoms with van der Waals surface area (Å²) in [6, 6.07) is 20.7. The molecule has 2 aromatic carbocycles. The minimum atomic E-state index is -0.131. The highest BCUT2D eigenvalue weighted by atomic mass is 16.1. The van der Waals surface area contributed by atoms with Gasteiger partial charge in [0, 0.05) is 29.2 Å². The van der Waals surface area contributed by atoms with E-state index < -0.39 is 0 Å². The second kappa shape index (κ2) is 9.04. The molecule has 0 aliphatic carbocycles. The summed E-state index contributed by atoms with van der Waals surface area (Å²) in [5.74, 6) is 1.85. The number of aromatic nitrogens is 3. The summed E-state index contributed by atoms with van der Waals surface area (Å²) in [4.78, 5) is 25.2. The molecule has 0 aliphatic heterocycles. The third-order valence-corrected chi connectivity index (χ3v) is 4.49. The predicted octanol–water partition coefficient (Wildman–Crippen LogP) is 5.23. The smallest absolute Gasteiger partial charge is 0.255 e. The van der Waals surface area contributed by atoms with Crippen LogP contribution in [0.25, 0.3) is 0 Å². The molecule has 0 aliphatic rings. The number of pyridine rings is 1. The van der Waals surface area contributed by atoms with Gasteiger partial charge in [0.15, 0.2) is 0 Å². The summed E-state index contributed by atoms with van der Waals surface area (Å²) in [6.07, 6.45) is 3.19. The molecule has 2 aromatic heterocycles. The lowest BCUT2D eigenvalue weighted by atomic mass is 10.1. The van der Waals surface area contributed by atoms with Crippen LogP contribution in [0.3, 0.4) is 0 Å². The molecule has 7 nitrogen and oxygen atoms in total. The van der Waals surface area contributed by atoms with Gasteiger partial charge >= 0.3 is 0 Å².